The summed E-state index contributed by atoms with van der Waals surface area (Å²) in [7, 11) is -7.17. The van der Waals surface area contributed by atoms with Gasteiger partial charge < -0.3 is 0 Å². The van der Waals surface area contributed by atoms with E-state index in [1.165, 1.54) is 16.4 Å². The fourth-order valence-electron chi connectivity index (χ4n) is 3.04. The summed E-state index contributed by atoms with van der Waals surface area (Å²) in [4.78, 5) is 0.0948. The molecule has 0 unspecified atom stereocenters. The molecule has 0 atom stereocenters. The maximum absolute atomic E-state index is 12.7. The van der Waals surface area contributed by atoms with Gasteiger partial charge in [0.05, 0.1) is 22.0 Å². The number of hydrogen-bond donors (Lipinski definition) is 1. The van der Waals surface area contributed by atoms with E-state index in [1.807, 2.05) is 6.92 Å². The summed E-state index contributed by atoms with van der Waals surface area (Å²) < 4.78 is 53.9. The van der Waals surface area contributed by atoms with E-state index >= 15 is 0 Å². The molecule has 1 aliphatic heterocycles. The number of rotatable bonds is 4. The van der Waals surface area contributed by atoms with Crippen LogP contribution in [-0.2, 0) is 20.0 Å². The molecule has 0 aromatic heterocycles. The van der Waals surface area contributed by atoms with Crippen molar-refractivity contribution in [2.45, 2.75) is 31.6 Å². The molecule has 6 nitrogen and oxygen atoms in total. The van der Waals surface area contributed by atoms with Crippen molar-refractivity contribution in [1.82, 2.24) is 0 Å². The zero-order valence-electron chi connectivity index (χ0n) is 15.1. The quantitative estimate of drug-likeness (QED) is 0.804. The van der Waals surface area contributed by atoms with Gasteiger partial charge in [0, 0.05) is 11.6 Å². The summed E-state index contributed by atoms with van der Waals surface area (Å²) >= 11 is 6.06. The minimum atomic E-state index is -3.83. The number of hydrogen-bond acceptors (Lipinski definition) is 4. The fraction of sp³-hybridized carbons (Fsp3) is 0.333. The highest BCUT2D eigenvalue weighted by Crippen LogP contribution is 2.29. The van der Waals surface area contributed by atoms with Crippen molar-refractivity contribution in [3.8, 4) is 0 Å². The molecule has 9 heteroatoms. The SMILES string of the molecule is Cc1ccc(NS(=O)(=O)c2ccc(N3CCCCS3(=O)=O)cc2C)cc1Cl. The molecule has 3 rings (SSSR count). The topological polar surface area (TPSA) is 83.6 Å². The first-order valence-corrected chi connectivity index (χ1v) is 12.0. The molecule has 27 heavy (non-hydrogen) atoms. The number of benzene rings is 2. The summed E-state index contributed by atoms with van der Waals surface area (Å²) in [5.41, 5.74) is 2.18. The summed E-state index contributed by atoms with van der Waals surface area (Å²) in [5.74, 6) is 0.113. The van der Waals surface area contributed by atoms with Crippen LogP contribution in [0.15, 0.2) is 41.3 Å². The highest BCUT2D eigenvalue weighted by molar-refractivity contribution is 7.93. The Bertz CT molecular complexity index is 1080. The molecule has 2 aromatic rings. The Morgan fingerprint density at radius 3 is 2.41 bits per heavy atom. The number of aryl methyl sites for hydroxylation is 2. The van der Waals surface area contributed by atoms with Gasteiger partial charge in [0.25, 0.3) is 10.0 Å². The monoisotopic (exact) mass is 428 g/mol. The Kier molecular flexibility index (Phi) is 5.42. The van der Waals surface area contributed by atoms with Crippen LogP contribution in [-0.4, -0.2) is 29.1 Å². The Labute approximate surface area is 165 Å². The normalized spacial score (nSPS) is 16.9. The third-order valence-electron chi connectivity index (χ3n) is 4.51. The van der Waals surface area contributed by atoms with Gasteiger partial charge in [-0.15, -0.1) is 0 Å². The molecular weight excluding hydrogens is 408 g/mol. The second-order valence-corrected chi connectivity index (χ2v) is 10.7. The smallest absolute Gasteiger partial charge is 0.262 e. The van der Waals surface area contributed by atoms with Gasteiger partial charge in [-0.2, -0.15) is 0 Å². The van der Waals surface area contributed by atoms with Gasteiger partial charge in [0.2, 0.25) is 10.0 Å². The van der Waals surface area contributed by atoms with E-state index in [-0.39, 0.29) is 10.6 Å². The number of anilines is 2. The predicted octanol–water partition coefficient (Wildman–Crippen LogP) is 3.69. The summed E-state index contributed by atoms with van der Waals surface area (Å²) in [5, 5.41) is 0.470. The van der Waals surface area contributed by atoms with Crippen LogP contribution in [0.3, 0.4) is 0 Å². The zero-order chi connectivity index (χ0) is 19.8. The molecule has 1 N–H and O–H groups in total. The molecule has 0 bridgehead atoms. The van der Waals surface area contributed by atoms with E-state index in [1.54, 1.807) is 31.2 Å². The van der Waals surface area contributed by atoms with Gasteiger partial charge >= 0.3 is 0 Å². The molecule has 146 valence electrons. The van der Waals surface area contributed by atoms with E-state index < -0.39 is 20.0 Å². The van der Waals surface area contributed by atoms with Crippen LogP contribution in [0.25, 0.3) is 0 Å². The largest absolute Gasteiger partial charge is 0.280 e. The Balaban J connectivity index is 1.91. The van der Waals surface area contributed by atoms with Gasteiger partial charge in [-0.25, -0.2) is 16.8 Å². The lowest BCUT2D eigenvalue weighted by Crippen LogP contribution is -2.37. The summed E-state index contributed by atoms with van der Waals surface area (Å²) in [6.07, 6.45) is 1.43. The van der Waals surface area contributed by atoms with Gasteiger partial charge in [0.1, 0.15) is 0 Å². The maximum Gasteiger partial charge on any atom is 0.262 e. The van der Waals surface area contributed by atoms with Crippen LogP contribution in [0.4, 0.5) is 11.4 Å². The molecule has 0 saturated carbocycles. The first-order valence-electron chi connectivity index (χ1n) is 8.50. The zero-order valence-corrected chi connectivity index (χ0v) is 17.5. The Morgan fingerprint density at radius 2 is 1.78 bits per heavy atom. The highest BCUT2D eigenvalue weighted by Gasteiger charge is 2.27. The molecule has 0 radical (unpaired) electrons. The molecule has 0 amide bonds. The van der Waals surface area contributed by atoms with Crippen LogP contribution in [0.1, 0.15) is 24.0 Å². The Hall–Kier alpha value is -1.77. The molecule has 1 fully saturated rings. The van der Waals surface area contributed by atoms with Crippen LogP contribution in [0, 0.1) is 13.8 Å². The van der Waals surface area contributed by atoms with E-state index in [4.69, 9.17) is 11.6 Å². The van der Waals surface area contributed by atoms with E-state index in [0.29, 0.717) is 34.9 Å². The van der Waals surface area contributed by atoms with E-state index in [0.717, 1.165) is 12.0 Å². The van der Waals surface area contributed by atoms with Crippen molar-refractivity contribution in [3.63, 3.8) is 0 Å². The summed E-state index contributed by atoms with van der Waals surface area (Å²) in [6, 6.07) is 9.50. The van der Waals surface area contributed by atoms with E-state index in [2.05, 4.69) is 4.72 Å². The van der Waals surface area contributed by atoms with Crippen molar-refractivity contribution in [2.24, 2.45) is 0 Å². The van der Waals surface area contributed by atoms with Crippen molar-refractivity contribution in [2.75, 3.05) is 21.3 Å². The molecule has 0 aliphatic carbocycles. The van der Waals surface area contributed by atoms with Crippen LogP contribution in [0.2, 0.25) is 5.02 Å². The third kappa shape index (κ3) is 4.23. The minimum Gasteiger partial charge on any atom is -0.280 e. The lowest BCUT2D eigenvalue weighted by atomic mass is 10.2. The van der Waals surface area contributed by atoms with Crippen molar-refractivity contribution in [3.05, 3.63) is 52.5 Å². The number of nitrogens with zero attached hydrogens (tertiary/aromatic N) is 1. The van der Waals surface area contributed by atoms with Crippen molar-refractivity contribution >= 4 is 43.0 Å². The van der Waals surface area contributed by atoms with Gasteiger partial charge in [-0.05, 0) is 68.1 Å². The average Bonchev–Trinajstić information content (AvgIpc) is 2.57. The molecule has 1 aliphatic rings. The Morgan fingerprint density at radius 1 is 1.04 bits per heavy atom. The van der Waals surface area contributed by atoms with Crippen molar-refractivity contribution < 1.29 is 16.8 Å². The minimum absolute atomic E-state index is 0.0948. The number of halogens is 1. The number of sulfonamides is 2. The highest BCUT2D eigenvalue weighted by atomic mass is 35.5. The van der Waals surface area contributed by atoms with Crippen LogP contribution in [0.5, 0.6) is 0 Å². The summed E-state index contributed by atoms with van der Waals surface area (Å²) in [6.45, 7) is 3.89. The van der Waals surface area contributed by atoms with E-state index in [9.17, 15) is 16.8 Å². The molecule has 2 aromatic carbocycles. The third-order valence-corrected chi connectivity index (χ3v) is 8.33. The van der Waals surface area contributed by atoms with Crippen LogP contribution < -0.4 is 9.03 Å². The predicted molar refractivity (Wildman–Crippen MR) is 109 cm³/mol. The fourth-order valence-corrected chi connectivity index (χ4v) is 6.12. The molecule has 1 saturated heterocycles. The lowest BCUT2D eigenvalue weighted by Gasteiger charge is -2.28. The number of nitrogens with one attached hydrogen (secondary N) is 1. The standard InChI is InChI=1S/C18H21ClN2O4S2/c1-13-5-6-15(12-17(13)19)20-27(24,25)18-8-7-16(11-14(18)2)21-9-3-4-10-26(21,22)23/h5-8,11-12,20H,3-4,9-10H2,1-2H3. The van der Waals surface area contributed by atoms with Gasteiger partial charge in [-0.3, -0.25) is 9.03 Å². The lowest BCUT2D eigenvalue weighted by molar-refractivity contribution is 0.574. The second-order valence-electron chi connectivity index (χ2n) is 6.61. The molecule has 0 spiro atoms. The van der Waals surface area contributed by atoms with Crippen LogP contribution >= 0.6 is 11.6 Å². The second kappa shape index (κ2) is 7.33. The maximum atomic E-state index is 12.7. The molecular formula is C18H21ClN2O4S2. The molecule has 1 heterocycles. The average molecular weight is 429 g/mol. The van der Waals surface area contributed by atoms with Gasteiger partial charge in [0.15, 0.2) is 0 Å². The first kappa shape index (κ1) is 20.0. The van der Waals surface area contributed by atoms with Gasteiger partial charge in [-0.1, -0.05) is 17.7 Å². The van der Waals surface area contributed by atoms with Crippen molar-refractivity contribution in [1.29, 1.82) is 0 Å². The first-order chi connectivity index (χ1) is 12.6.